The zero-order valence-corrected chi connectivity index (χ0v) is 7.74. The van der Waals surface area contributed by atoms with Gasteiger partial charge in [0.1, 0.15) is 0 Å². The lowest BCUT2D eigenvalue weighted by atomic mass is 10.1. The zero-order valence-electron chi connectivity index (χ0n) is 7.74. The second kappa shape index (κ2) is 2.60. The van der Waals surface area contributed by atoms with E-state index in [1.165, 1.54) is 16.2 Å². The van der Waals surface area contributed by atoms with Crippen LogP contribution in [0.1, 0.15) is 0 Å². The predicted octanol–water partition coefficient (Wildman–Crippen LogP) is -2.25. The van der Waals surface area contributed by atoms with E-state index in [2.05, 4.69) is 9.97 Å². The molecule has 0 unspecified atom stereocenters. The summed E-state index contributed by atoms with van der Waals surface area (Å²) in [5.74, 6) is 0. The first-order valence-corrected chi connectivity index (χ1v) is 3.93. The van der Waals surface area contributed by atoms with Crippen molar-refractivity contribution in [3.8, 4) is 0 Å². The molecule has 0 saturated carbocycles. The first-order valence-electron chi connectivity index (χ1n) is 3.93. The average Bonchev–Trinajstić information content (AvgIpc) is 2.40. The van der Waals surface area contributed by atoms with Gasteiger partial charge in [-0.1, -0.05) is 0 Å². The van der Waals surface area contributed by atoms with Crippen LogP contribution < -0.4 is 17.0 Å². The van der Waals surface area contributed by atoms with Gasteiger partial charge >= 0.3 is 5.69 Å². The number of rotatable bonds is 0. The Labute approximate surface area is 79.6 Å². The molecular formula is C7H7BN4O2. The molecule has 2 aromatic rings. The summed E-state index contributed by atoms with van der Waals surface area (Å²) in [4.78, 5) is 28.7. The molecule has 6 nitrogen and oxygen atoms in total. The number of nitrogens with zero attached hydrogens (tertiary/aromatic N) is 3. The minimum Gasteiger partial charge on any atom is -0.335 e. The molecule has 0 saturated heterocycles. The Bertz CT molecular complexity index is 621. The van der Waals surface area contributed by atoms with Gasteiger partial charge in [0.2, 0.25) is 0 Å². The van der Waals surface area contributed by atoms with Crippen LogP contribution in [0.4, 0.5) is 0 Å². The molecule has 1 N–H and O–H groups in total. The highest BCUT2D eigenvalue weighted by Crippen LogP contribution is 1.99. The van der Waals surface area contributed by atoms with Gasteiger partial charge in [0.15, 0.2) is 19.0 Å². The molecule has 70 valence electrons. The number of aromatic nitrogens is 4. The maximum absolute atomic E-state index is 11.4. The van der Waals surface area contributed by atoms with Crippen LogP contribution in [-0.4, -0.2) is 26.9 Å². The van der Waals surface area contributed by atoms with Crippen LogP contribution in [0, 0.1) is 0 Å². The average molecular weight is 190 g/mol. The van der Waals surface area contributed by atoms with E-state index in [1.54, 1.807) is 7.05 Å². The Morgan fingerprint density at radius 2 is 1.93 bits per heavy atom. The molecular weight excluding hydrogens is 183 g/mol. The van der Waals surface area contributed by atoms with Gasteiger partial charge in [-0.3, -0.25) is 14.3 Å². The Morgan fingerprint density at radius 3 is 2.57 bits per heavy atom. The molecule has 2 aromatic heterocycles. The van der Waals surface area contributed by atoms with Gasteiger partial charge in [-0.05, 0) is 0 Å². The lowest BCUT2D eigenvalue weighted by Crippen LogP contribution is -2.29. The molecule has 7 heteroatoms. The first-order chi connectivity index (χ1) is 6.52. The van der Waals surface area contributed by atoms with Crippen molar-refractivity contribution in [3.05, 3.63) is 20.8 Å². The number of imidazole rings is 1. The predicted molar refractivity (Wildman–Crippen MR) is 52.0 cm³/mol. The molecule has 2 rings (SSSR count). The van der Waals surface area contributed by atoms with E-state index >= 15 is 0 Å². The summed E-state index contributed by atoms with van der Waals surface area (Å²) in [5.41, 5.74) is -0.189. The van der Waals surface area contributed by atoms with Crippen LogP contribution in [0.3, 0.4) is 0 Å². The maximum Gasteiger partial charge on any atom is 0.329 e. The number of aromatic amines is 1. The van der Waals surface area contributed by atoms with E-state index in [1.807, 2.05) is 0 Å². The van der Waals surface area contributed by atoms with Crippen molar-refractivity contribution in [1.82, 2.24) is 19.1 Å². The molecule has 2 heterocycles. The molecule has 0 bridgehead atoms. The van der Waals surface area contributed by atoms with Gasteiger partial charge in [-0.25, -0.2) is 9.78 Å². The van der Waals surface area contributed by atoms with E-state index in [0.717, 1.165) is 0 Å². The van der Waals surface area contributed by atoms with Gasteiger partial charge in [0, 0.05) is 14.1 Å². The minimum atomic E-state index is -0.499. The summed E-state index contributed by atoms with van der Waals surface area (Å²) in [6, 6.07) is 0. The molecule has 0 aliphatic carbocycles. The molecule has 0 fully saturated rings. The van der Waals surface area contributed by atoms with Crippen molar-refractivity contribution in [1.29, 1.82) is 0 Å². The van der Waals surface area contributed by atoms with E-state index in [0.29, 0.717) is 11.2 Å². The standard InChI is InChI=1S/C7H7BN4O2/c1-11-3-4(9-6(11)8)12(2)7(14)10-5(3)13/h1-2H3,(H,10,13,14). The molecule has 0 spiro atoms. The number of fused-ring (bicyclic) bond motifs is 1. The summed E-state index contributed by atoms with van der Waals surface area (Å²) in [6.07, 6.45) is 0. The van der Waals surface area contributed by atoms with Crippen LogP contribution in [-0.2, 0) is 14.1 Å². The topological polar surface area (TPSA) is 72.7 Å². The highest BCUT2D eigenvalue weighted by atomic mass is 16.2. The third-order valence-corrected chi connectivity index (χ3v) is 2.17. The number of hydrogen-bond donors (Lipinski definition) is 1. The molecule has 14 heavy (non-hydrogen) atoms. The highest BCUT2D eigenvalue weighted by molar-refractivity contribution is 6.30. The fourth-order valence-electron chi connectivity index (χ4n) is 1.33. The Hall–Kier alpha value is -1.79. The lowest BCUT2D eigenvalue weighted by Gasteiger charge is -1.97. The third kappa shape index (κ3) is 0.950. The lowest BCUT2D eigenvalue weighted by molar-refractivity contribution is 0.829. The first kappa shape index (κ1) is 8.80. The van der Waals surface area contributed by atoms with Crippen molar-refractivity contribution in [2.45, 2.75) is 0 Å². The normalized spacial score (nSPS) is 11.0. The second-order valence-corrected chi connectivity index (χ2v) is 3.02. The fourth-order valence-corrected chi connectivity index (χ4v) is 1.33. The number of H-pyrrole nitrogens is 1. The number of aryl methyl sites for hydroxylation is 2. The van der Waals surface area contributed by atoms with E-state index in [-0.39, 0.29) is 5.72 Å². The Morgan fingerprint density at radius 1 is 1.29 bits per heavy atom. The zero-order chi connectivity index (χ0) is 10.5. The quantitative estimate of drug-likeness (QED) is 0.477. The summed E-state index contributed by atoms with van der Waals surface area (Å²) in [5, 5.41) is 0. The highest BCUT2D eigenvalue weighted by Gasteiger charge is 2.11. The van der Waals surface area contributed by atoms with Gasteiger partial charge in [-0.15, -0.1) is 0 Å². The van der Waals surface area contributed by atoms with E-state index in [4.69, 9.17) is 7.85 Å². The second-order valence-electron chi connectivity index (χ2n) is 3.02. The molecule has 0 aromatic carbocycles. The summed E-state index contributed by atoms with van der Waals surface area (Å²) in [6.45, 7) is 0. The Balaban J connectivity index is 3.18. The van der Waals surface area contributed by atoms with Gasteiger partial charge in [0.05, 0.1) is 5.72 Å². The summed E-state index contributed by atoms with van der Waals surface area (Å²) in [7, 11) is 8.66. The van der Waals surface area contributed by atoms with Crippen molar-refractivity contribution in [3.63, 3.8) is 0 Å². The molecule has 0 aliphatic heterocycles. The van der Waals surface area contributed by atoms with Gasteiger partial charge < -0.3 is 4.57 Å². The maximum atomic E-state index is 11.4. The van der Waals surface area contributed by atoms with Crippen LogP contribution >= 0.6 is 0 Å². The largest absolute Gasteiger partial charge is 0.335 e. The van der Waals surface area contributed by atoms with Crippen LogP contribution in [0.15, 0.2) is 9.59 Å². The number of nitrogens with one attached hydrogen (secondary N) is 1. The fraction of sp³-hybridized carbons (Fsp3) is 0.286. The van der Waals surface area contributed by atoms with Crippen LogP contribution in [0.5, 0.6) is 0 Å². The van der Waals surface area contributed by atoms with Crippen LogP contribution in [0.2, 0.25) is 0 Å². The minimum absolute atomic E-state index is 0.201. The number of hydrogen-bond acceptors (Lipinski definition) is 3. The van der Waals surface area contributed by atoms with Crippen molar-refractivity contribution >= 4 is 24.7 Å². The Kier molecular flexibility index (Phi) is 1.63. The molecule has 0 amide bonds. The third-order valence-electron chi connectivity index (χ3n) is 2.17. The van der Waals surface area contributed by atoms with Gasteiger partial charge in [0.25, 0.3) is 5.56 Å². The van der Waals surface area contributed by atoms with Gasteiger partial charge in [-0.2, -0.15) is 0 Å². The summed E-state index contributed by atoms with van der Waals surface area (Å²) < 4.78 is 2.68. The molecule has 0 atom stereocenters. The van der Waals surface area contributed by atoms with Crippen molar-refractivity contribution in [2.75, 3.05) is 0 Å². The summed E-state index contributed by atoms with van der Waals surface area (Å²) >= 11 is 0. The van der Waals surface area contributed by atoms with Crippen molar-refractivity contribution in [2.24, 2.45) is 14.1 Å². The monoisotopic (exact) mass is 190 g/mol. The molecule has 0 aliphatic rings. The van der Waals surface area contributed by atoms with Crippen LogP contribution in [0.25, 0.3) is 11.2 Å². The SMILES string of the molecule is [B]c1nc2c(c(=O)[nH]c(=O)n2C)n1C. The van der Waals surface area contributed by atoms with E-state index < -0.39 is 11.2 Å². The molecule has 2 radical (unpaired) electrons. The van der Waals surface area contributed by atoms with Crippen molar-refractivity contribution < 1.29 is 0 Å². The smallest absolute Gasteiger partial charge is 0.329 e. The van der Waals surface area contributed by atoms with E-state index in [9.17, 15) is 9.59 Å².